The van der Waals surface area contributed by atoms with Crippen molar-refractivity contribution in [3.63, 3.8) is 0 Å². The molecule has 0 spiro atoms. The van der Waals surface area contributed by atoms with Crippen LogP contribution in [0.3, 0.4) is 0 Å². The fraction of sp³-hybridized carbons (Fsp3) is 0.182. The van der Waals surface area contributed by atoms with Crippen LogP contribution in [0.25, 0.3) is 0 Å². The summed E-state index contributed by atoms with van der Waals surface area (Å²) in [5.74, 6) is 0.141. The molecule has 1 aliphatic rings. The van der Waals surface area contributed by atoms with Crippen molar-refractivity contribution in [2.24, 2.45) is 0 Å². The van der Waals surface area contributed by atoms with E-state index in [4.69, 9.17) is 11.6 Å². The molecule has 1 aromatic heterocycles. The third kappa shape index (κ3) is 4.87. The normalized spacial score (nSPS) is 14.0. The maximum absolute atomic E-state index is 12.7. The Morgan fingerprint density at radius 2 is 1.90 bits per heavy atom. The van der Waals surface area contributed by atoms with Crippen LogP contribution in [-0.4, -0.2) is 36.4 Å². The molecule has 0 atom stereocenters. The molecular formula is C22H21ClN4O3S. The molecule has 0 bridgehead atoms. The number of nitrogens with zero attached hydrogens (tertiary/aromatic N) is 2. The SMILES string of the molecule is CS(=O)(=O)N1CCc2c(cccc2Nc2cc(C(=O)Nc3ccccc3)c(Cl)cn2)C1. The van der Waals surface area contributed by atoms with Crippen molar-refractivity contribution in [2.75, 3.05) is 23.4 Å². The molecule has 7 nitrogen and oxygen atoms in total. The number of pyridine rings is 1. The smallest absolute Gasteiger partial charge is 0.257 e. The molecule has 31 heavy (non-hydrogen) atoms. The average molecular weight is 457 g/mol. The predicted molar refractivity (Wildman–Crippen MR) is 122 cm³/mol. The van der Waals surface area contributed by atoms with Crippen LogP contribution in [0.1, 0.15) is 21.5 Å². The van der Waals surface area contributed by atoms with Gasteiger partial charge in [0.15, 0.2) is 0 Å². The Balaban J connectivity index is 1.57. The number of fused-ring (bicyclic) bond motifs is 1. The van der Waals surface area contributed by atoms with E-state index < -0.39 is 10.0 Å². The van der Waals surface area contributed by atoms with Gasteiger partial charge in [-0.15, -0.1) is 0 Å². The zero-order chi connectivity index (χ0) is 22.0. The quantitative estimate of drug-likeness (QED) is 0.604. The highest BCUT2D eigenvalue weighted by atomic mass is 35.5. The van der Waals surface area contributed by atoms with Gasteiger partial charge in [0, 0.05) is 30.7 Å². The van der Waals surface area contributed by atoms with Crippen molar-refractivity contribution < 1.29 is 13.2 Å². The Hall–Kier alpha value is -2.94. The summed E-state index contributed by atoms with van der Waals surface area (Å²) in [6, 6.07) is 16.4. The number of benzene rings is 2. The molecule has 0 aliphatic carbocycles. The van der Waals surface area contributed by atoms with Crippen LogP contribution in [-0.2, 0) is 23.0 Å². The highest BCUT2D eigenvalue weighted by molar-refractivity contribution is 7.88. The first-order valence-electron chi connectivity index (χ1n) is 9.66. The molecule has 0 saturated carbocycles. The van der Waals surface area contributed by atoms with E-state index in [-0.39, 0.29) is 10.9 Å². The lowest BCUT2D eigenvalue weighted by molar-refractivity contribution is 0.102. The second kappa shape index (κ2) is 8.66. The molecule has 0 saturated heterocycles. The topological polar surface area (TPSA) is 91.4 Å². The minimum Gasteiger partial charge on any atom is -0.340 e. The van der Waals surface area contributed by atoms with E-state index in [1.807, 2.05) is 36.4 Å². The van der Waals surface area contributed by atoms with E-state index in [1.165, 1.54) is 16.8 Å². The van der Waals surface area contributed by atoms with Crippen LogP contribution >= 0.6 is 11.6 Å². The lowest BCUT2D eigenvalue weighted by atomic mass is 9.99. The van der Waals surface area contributed by atoms with Gasteiger partial charge in [-0.25, -0.2) is 13.4 Å². The maximum atomic E-state index is 12.7. The monoisotopic (exact) mass is 456 g/mol. The fourth-order valence-electron chi connectivity index (χ4n) is 3.52. The molecule has 4 rings (SSSR count). The van der Waals surface area contributed by atoms with Crippen LogP contribution < -0.4 is 10.6 Å². The molecule has 9 heteroatoms. The first kappa shape index (κ1) is 21.3. The summed E-state index contributed by atoms with van der Waals surface area (Å²) < 4.78 is 25.2. The second-order valence-corrected chi connectivity index (χ2v) is 9.67. The highest BCUT2D eigenvalue weighted by Crippen LogP contribution is 2.30. The summed E-state index contributed by atoms with van der Waals surface area (Å²) in [5.41, 5.74) is 3.78. The Labute approximate surface area is 186 Å². The van der Waals surface area contributed by atoms with E-state index in [0.717, 1.165) is 16.8 Å². The fourth-order valence-corrected chi connectivity index (χ4v) is 4.51. The number of anilines is 3. The lowest BCUT2D eigenvalue weighted by Crippen LogP contribution is -2.35. The van der Waals surface area contributed by atoms with Crippen molar-refractivity contribution >= 4 is 44.7 Å². The van der Waals surface area contributed by atoms with Crippen LogP contribution in [0.15, 0.2) is 60.8 Å². The molecule has 2 aromatic carbocycles. The Bertz CT molecular complexity index is 1230. The Kier molecular flexibility index (Phi) is 5.95. The van der Waals surface area contributed by atoms with Crippen LogP contribution in [0.4, 0.5) is 17.2 Å². The van der Waals surface area contributed by atoms with E-state index >= 15 is 0 Å². The van der Waals surface area contributed by atoms with Gasteiger partial charge in [0.2, 0.25) is 10.0 Å². The molecule has 1 amide bonds. The number of hydrogen-bond donors (Lipinski definition) is 2. The molecule has 3 aromatic rings. The van der Waals surface area contributed by atoms with Gasteiger partial charge < -0.3 is 10.6 Å². The molecule has 2 N–H and O–H groups in total. The first-order chi connectivity index (χ1) is 14.8. The summed E-state index contributed by atoms with van der Waals surface area (Å²) >= 11 is 6.22. The van der Waals surface area contributed by atoms with Crippen molar-refractivity contribution in [3.05, 3.63) is 82.5 Å². The number of nitrogens with one attached hydrogen (secondary N) is 2. The van der Waals surface area contributed by atoms with E-state index in [9.17, 15) is 13.2 Å². The van der Waals surface area contributed by atoms with Gasteiger partial charge in [0.25, 0.3) is 5.91 Å². The van der Waals surface area contributed by atoms with Gasteiger partial charge in [0.1, 0.15) is 5.82 Å². The number of sulfonamides is 1. The van der Waals surface area contributed by atoms with E-state index in [2.05, 4.69) is 15.6 Å². The third-order valence-electron chi connectivity index (χ3n) is 5.09. The number of carbonyl (C=O) groups is 1. The molecule has 0 fully saturated rings. The average Bonchev–Trinajstić information content (AvgIpc) is 2.75. The largest absolute Gasteiger partial charge is 0.340 e. The summed E-state index contributed by atoms with van der Waals surface area (Å²) in [6.45, 7) is 0.756. The summed E-state index contributed by atoms with van der Waals surface area (Å²) in [5, 5.41) is 6.32. The minimum absolute atomic E-state index is 0.248. The Morgan fingerprint density at radius 3 is 2.65 bits per heavy atom. The number of para-hydroxylation sites is 1. The number of hydrogen-bond acceptors (Lipinski definition) is 5. The van der Waals surface area contributed by atoms with Gasteiger partial charge in [-0.1, -0.05) is 41.9 Å². The van der Waals surface area contributed by atoms with Gasteiger partial charge in [-0.2, -0.15) is 4.31 Å². The molecule has 1 aliphatic heterocycles. The van der Waals surface area contributed by atoms with E-state index in [0.29, 0.717) is 36.6 Å². The van der Waals surface area contributed by atoms with E-state index in [1.54, 1.807) is 18.2 Å². The summed E-state index contributed by atoms with van der Waals surface area (Å²) in [7, 11) is -3.24. The predicted octanol–water partition coefficient (Wildman–Crippen LogP) is 4.05. The molecule has 160 valence electrons. The number of halogens is 1. The van der Waals surface area contributed by atoms with Crippen LogP contribution in [0.2, 0.25) is 5.02 Å². The second-order valence-electron chi connectivity index (χ2n) is 7.28. The standard InChI is InChI=1S/C22H21ClN4O3S/c1-31(29,30)27-11-10-17-15(14-27)6-5-9-20(17)26-21-12-18(19(23)13-24-21)22(28)25-16-7-3-2-4-8-16/h2-9,12-13H,10-11,14H2,1H3,(H,24,26)(H,25,28). The number of aromatic nitrogens is 1. The highest BCUT2D eigenvalue weighted by Gasteiger charge is 2.24. The Morgan fingerprint density at radius 1 is 1.13 bits per heavy atom. The van der Waals surface area contributed by atoms with Crippen LogP contribution in [0.5, 0.6) is 0 Å². The number of rotatable bonds is 5. The van der Waals surface area contributed by atoms with Gasteiger partial charge in [0.05, 0.1) is 16.8 Å². The summed E-state index contributed by atoms with van der Waals surface area (Å²) in [6.07, 6.45) is 3.24. The van der Waals surface area contributed by atoms with Crippen molar-refractivity contribution in [1.82, 2.24) is 9.29 Å². The molecule has 0 radical (unpaired) electrons. The lowest BCUT2D eigenvalue weighted by Gasteiger charge is -2.28. The molecule has 0 unspecified atom stereocenters. The zero-order valence-electron chi connectivity index (χ0n) is 16.8. The zero-order valence-corrected chi connectivity index (χ0v) is 18.4. The van der Waals surface area contributed by atoms with Crippen molar-refractivity contribution in [3.8, 4) is 0 Å². The number of carbonyl (C=O) groups excluding carboxylic acids is 1. The number of amides is 1. The maximum Gasteiger partial charge on any atom is 0.257 e. The summed E-state index contributed by atoms with van der Waals surface area (Å²) in [4.78, 5) is 17.0. The van der Waals surface area contributed by atoms with Gasteiger partial charge in [-0.3, -0.25) is 4.79 Å². The molecular weight excluding hydrogens is 436 g/mol. The van der Waals surface area contributed by atoms with Gasteiger partial charge >= 0.3 is 0 Å². The van der Waals surface area contributed by atoms with Gasteiger partial charge in [-0.05, 0) is 41.8 Å². The molecule has 2 heterocycles. The third-order valence-corrected chi connectivity index (χ3v) is 6.65. The van der Waals surface area contributed by atoms with Crippen molar-refractivity contribution in [1.29, 1.82) is 0 Å². The van der Waals surface area contributed by atoms with Crippen molar-refractivity contribution in [2.45, 2.75) is 13.0 Å². The first-order valence-corrected chi connectivity index (χ1v) is 11.9. The van der Waals surface area contributed by atoms with Crippen LogP contribution in [0, 0.1) is 0 Å². The minimum atomic E-state index is -3.24.